The fourth-order valence-electron chi connectivity index (χ4n) is 3.24. The Labute approximate surface area is 183 Å². The average molecular weight is 476 g/mol. The van der Waals surface area contributed by atoms with Crippen molar-refractivity contribution in [1.82, 2.24) is 19.9 Å². The molecule has 14 heteroatoms. The molecule has 0 bridgehead atoms. The molecule has 0 aromatic carbocycles. The van der Waals surface area contributed by atoms with Crippen molar-refractivity contribution in [2.24, 2.45) is 5.92 Å². The number of pyridine rings is 1. The van der Waals surface area contributed by atoms with E-state index in [-0.39, 0.29) is 18.2 Å². The van der Waals surface area contributed by atoms with Crippen molar-refractivity contribution in [2.45, 2.75) is 32.2 Å². The smallest absolute Gasteiger partial charge is 0.310 e. The number of hydrogen-bond donors (Lipinski definition) is 1. The van der Waals surface area contributed by atoms with E-state index in [1.807, 2.05) is 0 Å². The largest absolute Gasteiger partial charge is 0.433 e. The first-order valence-corrected chi connectivity index (χ1v) is 9.59. The second kappa shape index (κ2) is 8.83. The van der Waals surface area contributed by atoms with Gasteiger partial charge in [0.2, 0.25) is 11.9 Å². The molecule has 2 aromatic heterocycles. The summed E-state index contributed by atoms with van der Waals surface area (Å²) >= 11 is 0. The molecule has 8 nitrogen and oxygen atoms in total. The number of aromatic nitrogens is 3. The Bertz CT molecular complexity index is 1020. The van der Waals surface area contributed by atoms with E-state index in [2.05, 4.69) is 20.3 Å². The zero-order valence-electron chi connectivity index (χ0n) is 17.3. The summed E-state index contributed by atoms with van der Waals surface area (Å²) in [4.78, 5) is 37.9. The van der Waals surface area contributed by atoms with E-state index >= 15 is 0 Å². The van der Waals surface area contributed by atoms with Gasteiger partial charge in [0.1, 0.15) is 17.9 Å². The summed E-state index contributed by atoms with van der Waals surface area (Å²) in [5.74, 6) is -1.55. The van der Waals surface area contributed by atoms with Crippen LogP contribution in [0.2, 0.25) is 0 Å². The molecule has 1 N–H and O–H groups in total. The zero-order valence-corrected chi connectivity index (χ0v) is 17.3. The summed E-state index contributed by atoms with van der Waals surface area (Å²) < 4.78 is 76.6. The normalized spacial score (nSPS) is 17.1. The van der Waals surface area contributed by atoms with Crippen LogP contribution in [-0.4, -0.2) is 50.9 Å². The number of halogens is 6. The number of alkyl halides is 6. The van der Waals surface area contributed by atoms with Crippen molar-refractivity contribution in [1.29, 1.82) is 0 Å². The Morgan fingerprint density at radius 1 is 1.09 bits per heavy atom. The van der Waals surface area contributed by atoms with Gasteiger partial charge in [0.25, 0.3) is 0 Å². The van der Waals surface area contributed by atoms with Crippen LogP contribution in [0, 0.1) is 5.92 Å². The van der Waals surface area contributed by atoms with Crippen molar-refractivity contribution in [3.63, 3.8) is 0 Å². The molecule has 3 heterocycles. The van der Waals surface area contributed by atoms with Gasteiger partial charge in [0.15, 0.2) is 0 Å². The first-order valence-electron chi connectivity index (χ1n) is 9.59. The molecule has 1 saturated heterocycles. The second-order valence-electron chi connectivity index (χ2n) is 7.54. The van der Waals surface area contributed by atoms with Gasteiger partial charge in [-0.3, -0.25) is 15.0 Å². The third kappa shape index (κ3) is 5.49. The van der Waals surface area contributed by atoms with Crippen LogP contribution in [0.3, 0.4) is 0 Å². The van der Waals surface area contributed by atoms with E-state index in [1.54, 1.807) is 13.8 Å². The van der Waals surface area contributed by atoms with Gasteiger partial charge in [-0.1, -0.05) is 13.8 Å². The van der Waals surface area contributed by atoms with Crippen molar-refractivity contribution < 1.29 is 35.9 Å². The first kappa shape index (κ1) is 24.2. The Kier molecular flexibility index (Phi) is 6.47. The molecule has 1 aliphatic heterocycles. The third-order valence-corrected chi connectivity index (χ3v) is 4.88. The zero-order chi connectivity index (χ0) is 24.6. The molecule has 1 aliphatic rings. The van der Waals surface area contributed by atoms with Crippen LogP contribution < -0.4 is 10.2 Å². The maximum Gasteiger partial charge on any atom is 0.433 e. The lowest BCUT2D eigenvalue weighted by molar-refractivity contribution is -0.141. The number of nitrogens with zero attached hydrogens (tertiary/aromatic N) is 5. The van der Waals surface area contributed by atoms with Gasteiger partial charge in [-0.2, -0.15) is 26.3 Å². The average Bonchev–Trinajstić information content (AvgIpc) is 3.03. The molecule has 3 rings (SSSR count). The van der Waals surface area contributed by atoms with Gasteiger partial charge in [-0.25, -0.2) is 19.7 Å². The van der Waals surface area contributed by atoms with Gasteiger partial charge in [-0.15, -0.1) is 0 Å². The monoisotopic (exact) mass is 476 g/mol. The van der Waals surface area contributed by atoms with E-state index in [4.69, 9.17) is 0 Å². The Balaban J connectivity index is 1.75. The van der Waals surface area contributed by atoms with Crippen LogP contribution in [0.15, 0.2) is 30.6 Å². The standard InChI is InChI=1S/C19H18F6N6O2/c1-10(2)12-8-30(11-3-4-13(27-7-11)18(20,21)22)17(33)31(12)9-15(32)29-16-26-6-5-14(28-16)19(23,24)25/h3-7,10,12H,8-9H2,1-2H3,(H,26,28,29,32)/t12-/m1/s1. The molecule has 1 atom stereocenters. The van der Waals surface area contributed by atoms with Gasteiger partial charge in [-0.05, 0) is 24.1 Å². The maximum atomic E-state index is 12.9. The van der Waals surface area contributed by atoms with Crippen LogP contribution >= 0.6 is 0 Å². The summed E-state index contributed by atoms with van der Waals surface area (Å²) in [6, 6.07) is 1.34. The molecule has 3 amide bonds. The van der Waals surface area contributed by atoms with Gasteiger partial charge < -0.3 is 4.90 Å². The van der Waals surface area contributed by atoms with Crippen molar-refractivity contribution in [2.75, 3.05) is 23.3 Å². The van der Waals surface area contributed by atoms with Gasteiger partial charge in [0.05, 0.1) is 17.9 Å². The highest BCUT2D eigenvalue weighted by molar-refractivity contribution is 5.99. The van der Waals surface area contributed by atoms with Crippen LogP contribution in [0.5, 0.6) is 0 Å². The second-order valence-corrected chi connectivity index (χ2v) is 7.54. The highest BCUT2D eigenvalue weighted by atomic mass is 19.4. The van der Waals surface area contributed by atoms with Crippen molar-refractivity contribution in [3.05, 3.63) is 42.0 Å². The summed E-state index contributed by atoms with van der Waals surface area (Å²) in [7, 11) is 0. The van der Waals surface area contributed by atoms with E-state index in [1.165, 1.54) is 9.80 Å². The van der Waals surface area contributed by atoms with Crippen LogP contribution in [0.4, 0.5) is 42.8 Å². The predicted octanol–water partition coefficient (Wildman–Crippen LogP) is 3.81. The predicted molar refractivity (Wildman–Crippen MR) is 103 cm³/mol. The Hall–Kier alpha value is -3.45. The SMILES string of the molecule is CC(C)[C@H]1CN(c2ccc(C(F)(F)F)nc2)C(=O)N1CC(=O)Nc1nccc(C(F)(F)F)n1. The Morgan fingerprint density at radius 2 is 1.76 bits per heavy atom. The maximum absolute atomic E-state index is 12.9. The molecule has 178 valence electrons. The summed E-state index contributed by atoms with van der Waals surface area (Å²) in [6.07, 6.45) is -7.61. The molecule has 0 aliphatic carbocycles. The lowest BCUT2D eigenvalue weighted by atomic mass is 10.0. The highest BCUT2D eigenvalue weighted by Crippen LogP contribution is 2.31. The van der Waals surface area contributed by atoms with Crippen LogP contribution in [0.25, 0.3) is 0 Å². The van der Waals surface area contributed by atoms with Crippen LogP contribution in [-0.2, 0) is 17.1 Å². The number of hydrogen-bond acceptors (Lipinski definition) is 5. The number of carbonyl (C=O) groups excluding carboxylic acids is 2. The fourth-order valence-corrected chi connectivity index (χ4v) is 3.24. The topological polar surface area (TPSA) is 91.3 Å². The molecular weight excluding hydrogens is 458 g/mol. The fraction of sp³-hybridized carbons (Fsp3) is 0.421. The van der Waals surface area contributed by atoms with E-state index in [9.17, 15) is 35.9 Å². The lowest BCUT2D eigenvalue weighted by Crippen LogP contribution is -2.43. The molecular formula is C19H18F6N6O2. The van der Waals surface area contributed by atoms with Gasteiger partial charge in [0, 0.05) is 12.7 Å². The number of carbonyl (C=O) groups is 2. The molecule has 0 spiro atoms. The molecule has 0 unspecified atom stereocenters. The number of amides is 3. The number of rotatable bonds is 5. The lowest BCUT2D eigenvalue weighted by Gasteiger charge is -2.25. The minimum atomic E-state index is -4.73. The minimum absolute atomic E-state index is 0.0802. The Morgan fingerprint density at radius 3 is 2.30 bits per heavy atom. The summed E-state index contributed by atoms with van der Waals surface area (Å²) in [6.45, 7) is 3.13. The van der Waals surface area contributed by atoms with Crippen molar-refractivity contribution in [3.8, 4) is 0 Å². The van der Waals surface area contributed by atoms with Crippen molar-refractivity contribution >= 4 is 23.6 Å². The molecule has 33 heavy (non-hydrogen) atoms. The van der Waals surface area contributed by atoms with Crippen LogP contribution in [0.1, 0.15) is 25.2 Å². The molecule has 1 fully saturated rings. The summed E-state index contributed by atoms with van der Waals surface area (Å²) in [5, 5.41) is 2.13. The first-order chi connectivity index (χ1) is 15.3. The van der Waals surface area contributed by atoms with E-state index in [0.29, 0.717) is 6.07 Å². The highest BCUT2D eigenvalue weighted by Gasteiger charge is 2.41. The summed E-state index contributed by atoms with van der Waals surface area (Å²) in [5.41, 5.74) is -2.25. The van der Waals surface area contributed by atoms with E-state index in [0.717, 1.165) is 24.5 Å². The van der Waals surface area contributed by atoms with Gasteiger partial charge >= 0.3 is 18.4 Å². The molecule has 2 aromatic rings. The number of nitrogens with one attached hydrogen (secondary N) is 1. The quantitative estimate of drug-likeness (QED) is 0.663. The molecule has 0 saturated carbocycles. The third-order valence-electron chi connectivity index (χ3n) is 4.88. The number of urea groups is 1. The minimum Gasteiger partial charge on any atom is -0.310 e. The molecule has 0 radical (unpaired) electrons. The van der Waals surface area contributed by atoms with E-state index < -0.39 is 54.2 Å². The number of anilines is 2.